The Kier molecular flexibility index (Phi) is 14.6. The number of esters is 2. The molecule has 0 radical (unpaired) electrons. The minimum absolute atomic E-state index is 0. The number of ether oxygens (including phenoxy) is 2. The Labute approximate surface area is 154 Å². The third-order valence-corrected chi connectivity index (χ3v) is 3.83. The molecule has 0 fully saturated rings. The Hall–Kier alpha value is -0.150. The maximum atomic E-state index is 11.3. The van der Waals surface area contributed by atoms with Gasteiger partial charge in [0.05, 0.1) is 0 Å². The smallest absolute Gasteiger partial charge is 0.748 e. The summed E-state index contributed by atoms with van der Waals surface area (Å²) in [5, 5.41) is -1.56. The zero-order valence-electron chi connectivity index (χ0n) is 13.5. The van der Waals surface area contributed by atoms with E-state index in [1.165, 1.54) is 0 Å². The molecule has 0 saturated carbocycles. The van der Waals surface area contributed by atoms with E-state index in [1.54, 1.807) is 0 Å². The number of hydrogen-bond acceptors (Lipinski definition) is 7. The molecule has 7 nitrogen and oxygen atoms in total. The Morgan fingerprint density at radius 1 is 0.955 bits per heavy atom. The molecular formula is C13H23NaO7S. The first-order valence-corrected chi connectivity index (χ1v) is 8.54. The zero-order chi connectivity index (χ0) is 16.3. The first-order chi connectivity index (χ1) is 9.81. The third kappa shape index (κ3) is 12.4. The van der Waals surface area contributed by atoms with Crippen LogP contribution in [-0.2, 0) is 29.2 Å². The normalized spacial score (nSPS) is 10.9. The molecule has 0 rings (SSSR count). The Morgan fingerprint density at radius 2 is 1.32 bits per heavy atom. The van der Waals surface area contributed by atoms with Crippen LogP contribution in [0.5, 0.6) is 0 Å². The van der Waals surface area contributed by atoms with Crippen molar-refractivity contribution in [2.75, 3.05) is 13.2 Å². The summed E-state index contributed by atoms with van der Waals surface area (Å²) in [5.74, 6) is -1.13. The quantitative estimate of drug-likeness (QED) is 0.251. The van der Waals surface area contributed by atoms with Gasteiger partial charge in [0.1, 0.15) is 28.6 Å². The van der Waals surface area contributed by atoms with E-state index in [4.69, 9.17) is 9.47 Å². The molecule has 9 heteroatoms. The van der Waals surface area contributed by atoms with Crippen molar-refractivity contribution in [3.8, 4) is 0 Å². The van der Waals surface area contributed by atoms with Crippen LogP contribution in [0.3, 0.4) is 0 Å². The second-order valence-electron chi connectivity index (χ2n) is 4.69. The van der Waals surface area contributed by atoms with Crippen molar-refractivity contribution in [2.45, 2.75) is 57.6 Å². The van der Waals surface area contributed by atoms with Crippen molar-refractivity contribution >= 4 is 22.1 Å². The van der Waals surface area contributed by atoms with Gasteiger partial charge < -0.3 is 14.0 Å². The Balaban J connectivity index is 0. The topological polar surface area (TPSA) is 110 Å². The Bertz CT molecular complexity index is 398. The van der Waals surface area contributed by atoms with Crippen molar-refractivity contribution in [2.24, 2.45) is 0 Å². The Morgan fingerprint density at radius 3 is 1.59 bits per heavy atom. The molecule has 0 spiro atoms. The van der Waals surface area contributed by atoms with Crippen molar-refractivity contribution in [3.63, 3.8) is 0 Å². The molecule has 0 aliphatic rings. The van der Waals surface area contributed by atoms with E-state index < -0.39 is 40.5 Å². The van der Waals surface area contributed by atoms with Crippen LogP contribution in [0.4, 0.5) is 0 Å². The molecular weight excluding hydrogens is 323 g/mol. The van der Waals surface area contributed by atoms with E-state index in [1.807, 2.05) is 13.8 Å². The zero-order valence-corrected chi connectivity index (χ0v) is 16.3. The van der Waals surface area contributed by atoms with E-state index >= 15 is 0 Å². The number of carbonyl (C=O) groups excluding carboxylic acids is 2. The van der Waals surface area contributed by atoms with Gasteiger partial charge in [0.25, 0.3) is 0 Å². The van der Waals surface area contributed by atoms with Gasteiger partial charge in [-0.3, -0.25) is 9.59 Å². The van der Waals surface area contributed by atoms with E-state index in [0.29, 0.717) is 12.8 Å². The largest absolute Gasteiger partial charge is 1.00 e. The predicted octanol–water partition coefficient (Wildman–Crippen LogP) is -1.63. The van der Waals surface area contributed by atoms with Gasteiger partial charge in [0, 0.05) is 12.8 Å². The van der Waals surface area contributed by atoms with Gasteiger partial charge >= 0.3 is 41.5 Å². The van der Waals surface area contributed by atoms with Crippen LogP contribution in [-0.4, -0.2) is 43.4 Å². The average molecular weight is 346 g/mol. The maximum absolute atomic E-state index is 11.3. The summed E-state index contributed by atoms with van der Waals surface area (Å²) in [6.07, 6.45) is 3.18. The van der Waals surface area contributed by atoms with Crippen LogP contribution in [0.2, 0.25) is 0 Å². The van der Waals surface area contributed by atoms with Crippen molar-refractivity contribution in [3.05, 3.63) is 0 Å². The van der Waals surface area contributed by atoms with E-state index in [9.17, 15) is 22.6 Å². The molecule has 0 atom stereocenters. The summed E-state index contributed by atoms with van der Waals surface area (Å²) < 4.78 is 42.6. The van der Waals surface area contributed by atoms with Crippen LogP contribution in [0, 0.1) is 0 Å². The van der Waals surface area contributed by atoms with Crippen molar-refractivity contribution in [1.29, 1.82) is 0 Å². The number of hydrogen-bond donors (Lipinski definition) is 0. The summed E-state index contributed by atoms with van der Waals surface area (Å²) >= 11 is 0. The summed E-state index contributed by atoms with van der Waals surface area (Å²) in [6.45, 7) is 2.62. The fourth-order valence-electron chi connectivity index (χ4n) is 1.37. The van der Waals surface area contributed by atoms with Crippen LogP contribution >= 0.6 is 0 Å². The van der Waals surface area contributed by atoms with Gasteiger partial charge in [0.2, 0.25) is 0 Å². The summed E-state index contributed by atoms with van der Waals surface area (Å²) in [5.41, 5.74) is 0. The molecule has 0 heterocycles. The van der Waals surface area contributed by atoms with E-state index in [0.717, 1.165) is 12.8 Å². The van der Waals surface area contributed by atoms with Gasteiger partial charge in [-0.25, -0.2) is 8.42 Å². The van der Waals surface area contributed by atoms with Crippen LogP contribution in [0.1, 0.15) is 52.4 Å². The maximum Gasteiger partial charge on any atom is 1.00 e. The molecule has 0 aromatic carbocycles. The molecule has 0 aliphatic heterocycles. The third-order valence-electron chi connectivity index (χ3n) is 2.74. The van der Waals surface area contributed by atoms with E-state index in [-0.39, 0.29) is 42.4 Å². The monoisotopic (exact) mass is 346 g/mol. The van der Waals surface area contributed by atoms with Crippen molar-refractivity contribution in [1.82, 2.24) is 0 Å². The number of unbranched alkanes of at least 4 members (excludes halogenated alkanes) is 2. The fourth-order valence-corrected chi connectivity index (χ4v) is 1.84. The number of carbonyl (C=O) groups is 2. The average Bonchev–Trinajstić information content (AvgIpc) is 2.41. The van der Waals surface area contributed by atoms with Gasteiger partial charge in [-0.1, -0.05) is 26.7 Å². The second-order valence-corrected chi connectivity index (χ2v) is 6.34. The molecule has 124 valence electrons. The molecule has 0 unspecified atom stereocenters. The first kappa shape index (κ1) is 24.1. The minimum atomic E-state index is -4.70. The van der Waals surface area contributed by atoms with Gasteiger partial charge in [-0.15, -0.1) is 0 Å². The molecule has 0 aromatic rings. The molecule has 0 bridgehead atoms. The SMILES string of the molecule is CCCCC(=O)OCC(COC(=O)CCCC)S(=O)(=O)[O-].[Na+]. The van der Waals surface area contributed by atoms with Crippen LogP contribution in [0.25, 0.3) is 0 Å². The van der Waals surface area contributed by atoms with Crippen LogP contribution in [0.15, 0.2) is 0 Å². The molecule has 0 aliphatic carbocycles. The molecule has 0 N–H and O–H groups in total. The minimum Gasteiger partial charge on any atom is -0.748 e. The van der Waals surface area contributed by atoms with Crippen molar-refractivity contribution < 1.29 is 61.6 Å². The van der Waals surface area contributed by atoms with E-state index in [2.05, 4.69) is 0 Å². The standard InChI is InChI=1S/C13H24O7S.Na/c1-3-5-7-12(14)19-9-11(21(16,17)18)10-20-13(15)8-6-4-2;/h11H,3-10H2,1-2H3,(H,16,17,18);/q;+1/p-1. The summed E-state index contributed by atoms with van der Waals surface area (Å²) in [6, 6.07) is 0. The van der Waals surface area contributed by atoms with Gasteiger partial charge in [-0.05, 0) is 12.8 Å². The predicted molar refractivity (Wildman–Crippen MR) is 74.5 cm³/mol. The summed E-state index contributed by atoms with van der Waals surface area (Å²) in [4.78, 5) is 22.6. The molecule has 0 amide bonds. The van der Waals surface area contributed by atoms with Gasteiger partial charge in [-0.2, -0.15) is 0 Å². The summed E-state index contributed by atoms with van der Waals surface area (Å²) in [7, 11) is -4.70. The fraction of sp³-hybridized carbons (Fsp3) is 0.846. The number of rotatable bonds is 11. The molecule has 0 aromatic heterocycles. The molecule has 0 saturated heterocycles. The molecule has 22 heavy (non-hydrogen) atoms. The van der Waals surface area contributed by atoms with Crippen LogP contribution < -0.4 is 29.6 Å². The van der Waals surface area contributed by atoms with Gasteiger partial charge in [0.15, 0.2) is 0 Å². The second kappa shape index (κ2) is 13.3. The first-order valence-electron chi connectivity index (χ1n) is 7.07.